The Kier molecular flexibility index (Phi) is 13.5. The van der Waals surface area contributed by atoms with Gasteiger partial charge in [0.1, 0.15) is 18.1 Å². The van der Waals surface area contributed by atoms with Crippen molar-refractivity contribution in [3.8, 4) is 22.6 Å². The van der Waals surface area contributed by atoms with Crippen LogP contribution in [-0.2, 0) is 23.9 Å². The van der Waals surface area contributed by atoms with Gasteiger partial charge in [0.05, 0.1) is 37.4 Å². The number of hydrogen-bond acceptors (Lipinski definition) is 8. The Morgan fingerprint density at radius 1 is 0.583 bits per heavy atom. The van der Waals surface area contributed by atoms with Crippen molar-refractivity contribution in [1.29, 1.82) is 0 Å². The number of carbonyl (C=O) groups is 5. The maximum Gasteiger partial charge on any atom is 0.407 e. The first kappa shape index (κ1) is 42.5. The van der Waals surface area contributed by atoms with Crippen LogP contribution in [0.3, 0.4) is 0 Å². The molecular formula is C47H49N5O8. The topological polar surface area (TPSA) is 209 Å². The van der Waals surface area contributed by atoms with E-state index in [0.29, 0.717) is 16.7 Å². The highest BCUT2D eigenvalue weighted by Gasteiger charge is 2.31. The molecule has 13 heteroatoms. The number of primary amides is 1. The predicted octanol–water partition coefficient (Wildman–Crippen LogP) is 6.33. The molecule has 5 amide bonds. The van der Waals surface area contributed by atoms with Gasteiger partial charge in [0.25, 0.3) is 0 Å². The van der Waals surface area contributed by atoms with E-state index in [-0.39, 0.29) is 49.7 Å². The minimum atomic E-state index is -1.05. The Hall–Kier alpha value is -7.15. The smallest absolute Gasteiger partial charge is 0.407 e. The number of fused-ring (bicyclic) bond motifs is 3. The molecule has 0 saturated carbocycles. The molecule has 0 fully saturated rings. The van der Waals surface area contributed by atoms with Crippen molar-refractivity contribution in [3.63, 3.8) is 0 Å². The monoisotopic (exact) mass is 811 g/mol. The molecule has 0 heterocycles. The van der Waals surface area contributed by atoms with Crippen molar-refractivity contribution in [2.24, 2.45) is 5.73 Å². The highest BCUT2D eigenvalue weighted by molar-refractivity contribution is 5.84. The SMILES string of the molecule is CC(C)(CC(=O)N[C@@H](CC(N)=O)c1ccccc1)NC(=O)C[C@H](NC(=O)C[C@H](NC(=O)OCC1c2ccccc2-c2ccccc21)c1ccc(O)cc1)c1ccc(O)cc1. The van der Waals surface area contributed by atoms with Crippen LogP contribution in [0.15, 0.2) is 127 Å². The zero-order chi connectivity index (χ0) is 42.8. The molecule has 6 rings (SSSR count). The largest absolute Gasteiger partial charge is 0.508 e. The summed E-state index contributed by atoms with van der Waals surface area (Å²) in [5.74, 6) is -2.17. The van der Waals surface area contributed by atoms with Crippen LogP contribution in [-0.4, -0.2) is 52.1 Å². The molecule has 13 nitrogen and oxygen atoms in total. The fraction of sp³-hybridized carbons (Fsp3) is 0.255. The summed E-state index contributed by atoms with van der Waals surface area (Å²) in [5.41, 5.74) is 10.4. The van der Waals surface area contributed by atoms with Crippen LogP contribution in [0.5, 0.6) is 11.5 Å². The summed E-state index contributed by atoms with van der Waals surface area (Å²) < 4.78 is 5.79. The van der Waals surface area contributed by atoms with Crippen LogP contribution in [0.2, 0.25) is 0 Å². The van der Waals surface area contributed by atoms with Crippen molar-refractivity contribution in [2.45, 2.75) is 69.1 Å². The van der Waals surface area contributed by atoms with Gasteiger partial charge in [-0.2, -0.15) is 0 Å². The minimum absolute atomic E-state index is 0.00331. The average Bonchev–Trinajstić information content (AvgIpc) is 3.53. The second kappa shape index (κ2) is 19.1. The molecule has 0 saturated heterocycles. The molecule has 0 unspecified atom stereocenters. The maximum absolute atomic E-state index is 13.9. The van der Waals surface area contributed by atoms with Crippen LogP contribution in [0.1, 0.15) is 91.4 Å². The molecule has 5 aromatic rings. The number of nitrogens with one attached hydrogen (secondary N) is 4. The van der Waals surface area contributed by atoms with Gasteiger partial charge < -0.3 is 42.0 Å². The van der Waals surface area contributed by atoms with Gasteiger partial charge in [-0.3, -0.25) is 19.2 Å². The molecule has 310 valence electrons. The third-order valence-electron chi connectivity index (χ3n) is 10.4. The van der Waals surface area contributed by atoms with E-state index in [2.05, 4.69) is 21.3 Å². The zero-order valence-electron chi connectivity index (χ0n) is 33.4. The first-order valence-corrected chi connectivity index (χ1v) is 19.7. The zero-order valence-corrected chi connectivity index (χ0v) is 33.4. The third kappa shape index (κ3) is 11.3. The molecule has 0 spiro atoms. The average molecular weight is 812 g/mol. The highest BCUT2D eigenvalue weighted by atomic mass is 16.5. The molecule has 0 radical (unpaired) electrons. The van der Waals surface area contributed by atoms with Crippen molar-refractivity contribution in [2.75, 3.05) is 6.61 Å². The molecule has 3 atom stereocenters. The van der Waals surface area contributed by atoms with Crippen molar-refractivity contribution in [3.05, 3.63) is 155 Å². The van der Waals surface area contributed by atoms with E-state index in [9.17, 15) is 34.2 Å². The van der Waals surface area contributed by atoms with Gasteiger partial charge in [-0.05, 0) is 77.1 Å². The van der Waals surface area contributed by atoms with Gasteiger partial charge in [-0.1, -0.05) is 103 Å². The summed E-state index contributed by atoms with van der Waals surface area (Å²) in [6.45, 7) is 3.42. The van der Waals surface area contributed by atoms with E-state index in [1.807, 2.05) is 54.6 Å². The Labute approximate surface area is 348 Å². The quantitative estimate of drug-likeness (QED) is 0.0563. The lowest BCUT2D eigenvalue weighted by Crippen LogP contribution is -2.48. The van der Waals surface area contributed by atoms with E-state index in [1.54, 1.807) is 62.4 Å². The first-order chi connectivity index (χ1) is 28.7. The van der Waals surface area contributed by atoms with E-state index >= 15 is 0 Å². The summed E-state index contributed by atoms with van der Waals surface area (Å²) in [5, 5.41) is 31.4. The number of rotatable bonds is 17. The van der Waals surface area contributed by atoms with Crippen LogP contribution in [0, 0.1) is 0 Å². The molecule has 60 heavy (non-hydrogen) atoms. The number of nitrogens with two attached hydrogens (primary N) is 1. The Morgan fingerprint density at radius 3 is 1.58 bits per heavy atom. The van der Waals surface area contributed by atoms with Crippen LogP contribution in [0.4, 0.5) is 4.79 Å². The van der Waals surface area contributed by atoms with Crippen LogP contribution >= 0.6 is 0 Å². The van der Waals surface area contributed by atoms with Gasteiger partial charge in [0.2, 0.25) is 23.6 Å². The van der Waals surface area contributed by atoms with Gasteiger partial charge in [0.15, 0.2) is 0 Å². The van der Waals surface area contributed by atoms with Crippen molar-refractivity contribution in [1.82, 2.24) is 21.3 Å². The number of amides is 5. The summed E-state index contributed by atoms with van der Waals surface area (Å²) in [6, 6.07) is 34.6. The number of phenolic OH excluding ortho intramolecular Hbond substituents is 2. The summed E-state index contributed by atoms with van der Waals surface area (Å²) >= 11 is 0. The minimum Gasteiger partial charge on any atom is -0.508 e. The molecule has 0 aliphatic heterocycles. The standard InChI is InChI=1S/C47H49N5O8/c1-47(2,27-45(58)50-39(24-42(48)55)29-10-4-3-5-11-29)52-44(57)26-40(30-16-20-32(53)21-17-30)49-43(56)25-41(31-18-22-33(54)23-19-31)51-46(59)60-28-38-36-14-8-6-12-34(36)35-13-7-9-15-37(35)38/h3-23,38-41,53-54H,24-28H2,1-2H3,(H2,48,55)(H,49,56)(H,50,58)(H,51,59)(H,52,57)/t39-,40-,41-/m0/s1. The molecule has 5 aromatic carbocycles. The van der Waals surface area contributed by atoms with Gasteiger partial charge in [-0.25, -0.2) is 4.79 Å². The second-order valence-corrected chi connectivity index (χ2v) is 15.5. The Balaban J connectivity index is 1.11. The number of aromatic hydroxyl groups is 2. The number of benzene rings is 5. The molecule has 1 aliphatic rings. The lowest BCUT2D eigenvalue weighted by Gasteiger charge is -2.28. The predicted molar refractivity (Wildman–Crippen MR) is 225 cm³/mol. The third-order valence-corrected chi connectivity index (χ3v) is 10.4. The number of carbonyl (C=O) groups excluding carboxylic acids is 5. The molecular weight excluding hydrogens is 763 g/mol. The van der Waals surface area contributed by atoms with E-state index in [1.165, 1.54) is 24.3 Å². The molecule has 8 N–H and O–H groups in total. The van der Waals surface area contributed by atoms with Crippen molar-refractivity contribution < 1.29 is 38.9 Å². The fourth-order valence-electron chi connectivity index (χ4n) is 7.58. The summed E-state index contributed by atoms with van der Waals surface area (Å²) in [6.07, 6.45) is -1.48. The number of ether oxygens (including phenoxy) is 1. The molecule has 1 aliphatic carbocycles. The Bertz CT molecular complexity index is 2270. The summed E-state index contributed by atoms with van der Waals surface area (Å²) in [7, 11) is 0. The molecule has 0 aromatic heterocycles. The summed E-state index contributed by atoms with van der Waals surface area (Å²) in [4.78, 5) is 65.9. The normalized spacial score (nSPS) is 13.4. The molecule has 0 bridgehead atoms. The number of alkyl carbamates (subject to hydrolysis) is 1. The first-order valence-electron chi connectivity index (χ1n) is 19.7. The second-order valence-electron chi connectivity index (χ2n) is 15.5. The Morgan fingerprint density at radius 2 is 1.03 bits per heavy atom. The number of hydrogen-bond donors (Lipinski definition) is 7. The number of phenols is 2. The van der Waals surface area contributed by atoms with E-state index < -0.39 is 53.4 Å². The fourth-order valence-corrected chi connectivity index (χ4v) is 7.58. The van der Waals surface area contributed by atoms with E-state index in [4.69, 9.17) is 10.5 Å². The van der Waals surface area contributed by atoms with Crippen LogP contribution in [0.25, 0.3) is 11.1 Å². The van der Waals surface area contributed by atoms with Crippen molar-refractivity contribution >= 4 is 29.7 Å². The van der Waals surface area contributed by atoms with Crippen LogP contribution < -0.4 is 27.0 Å². The highest BCUT2D eigenvalue weighted by Crippen LogP contribution is 2.44. The van der Waals surface area contributed by atoms with Gasteiger partial charge in [-0.15, -0.1) is 0 Å². The lowest BCUT2D eigenvalue weighted by atomic mass is 9.96. The lowest BCUT2D eigenvalue weighted by molar-refractivity contribution is -0.126. The van der Waals surface area contributed by atoms with Gasteiger partial charge >= 0.3 is 6.09 Å². The van der Waals surface area contributed by atoms with E-state index in [0.717, 1.165) is 22.3 Å². The van der Waals surface area contributed by atoms with Gasteiger partial charge in [0, 0.05) is 17.9 Å². The maximum atomic E-state index is 13.9.